The van der Waals surface area contributed by atoms with Crippen LogP contribution >= 0.6 is 0 Å². The molecule has 0 saturated carbocycles. The van der Waals surface area contributed by atoms with E-state index < -0.39 is 0 Å². The molecule has 2 rings (SSSR count). The molecule has 0 aromatic heterocycles. The molecule has 0 aliphatic heterocycles. The average Bonchev–Trinajstić information content (AvgIpc) is 2.32. The average molecular weight is 243 g/mol. The van der Waals surface area contributed by atoms with E-state index in [1.165, 1.54) is 17.7 Å². The zero-order chi connectivity index (χ0) is 13.0. The number of benzene rings is 2. The zero-order valence-electron chi connectivity index (χ0n) is 10.6. The summed E-state index contributed by atoms with van der Waals surface area (Å²) in [5.74, 6) is -0.208. The van der Waals surface area contributed by atoms with Crippen LogP contribution in [0.5, 0.6) is 0 Å². The van der Waals surface area contributed by atoms with Crippen molar-refractivity contribution in [2.24, 2.45) is 5.73 Å². The Morgan fingerprint density at radius 3 is 1.94 bits per heavy atom. The first-order valence-corrected chi connectivity index (χ1v) is 6.12. The molecule has 1 unspecified atom stereocenters. The molecular weight excluding hydrogens is 225 g/mol. The number of halogens is 1. The van der Waals surface area contributed by atoms with Gasteiger partial charge in [0.15, 0.2) is 0 Å². The molecule has 1 nitrogen and oxygen atoms in total. The van der Waals surface area contributed by atoms with Crippen LogP contribution in [0.25, 0.3) is 0 Å². The van der Waals surface area contributed by atoms with Gasteiger partial charge in [-0.3, -0.25) is 0 Å². The van der Waals surface area contributed by atoms with Crippen LogP contribution < -0.4 is 5.73 Å². The minimum atomic E-state index is -0.320. The minimum absolute atomic E-state index is 0.208. The fraction of sp³-hybridized carbons (Fsp3) is 0.250. The van der Waals surface area contributed by atoms with E-state index in [4.69, 9.17) is 5.73 Å². The third kappa shape index (κ3) is 3.67. The van der Waals surface area contributed by atoms with Crippen LogP contribution in [0.2, 0.25) is 0 Å². The monoisotopic (exact) mass is 243 g/mol. The predicted molar refractivity (Wildman–Crippen MR) is 72.8 cm³/mol. The summed E-state index contributed by atoms with van der Waals surface area (Å²) < 4.78 is 12.8. The predicted octanol–water partition coefficient (Wildman–Crippen LogP) is 3.33. The van der Waals surface area contributed by atoms with E-state index in [0.717, 1.165) is 18.4 Å². The molecule has 0 fully saturated rings. The van der Waals surface area contributed by atoms with Crippen molar-refractivity contribution < 1.29 is 4.39 Å². The van der Waals surface area contributed by atoms with Crippen LogP contribution in [0.3, 0.4) is 0 Å². The first kappa shape index (κ1) is 12.8. The normalized spacial score (nSPS) is 14.2. The molecular formula is C16H18FN. The Morgan fingerprint density at radius 2 is 1.39 bits per heavy atom. The topological polar surface area (TPSA) is 26.0 Å². The van der Waals surface area contributed by atoms with Gasteiger partial charge >= 0.3 is 0 Å². The van der Waals surface area contributed by atoms with E-state index in [2.05, 4.69) is 12.1 Å². The molecule has 0 aliphatic carbocycles. The second kappa shape index (κ2) is 5.32. The van der Waals surface area contributed by atoms with Gasteiger partial charge in [-0.25, -0.2) is 4.39 Å². The number of nitrogens with two attached hydrogens (primary N) is 1. The van der Waals surface area contributed by atoms with E-state index in [0.29, 0.717) is 0 Å². The van der Waals surface area contributed by atoms with Gasteiger partial charge < -0.3 is 5.73 Å². The molecule has 0 spiro atoms. The van der Waals surface area contributed by atoms with Crippen molar-refractivity contribution in [3.8, 4) is 0 Å². The van der Waals surface area contributed by atoms with Gasteiger partial charge in [-0.1, -0.05) is 42.5 Å². The molecule has 2 N–H and O–H groups in total. The lowest BCUT2D eigenvalue weighted by molar-refractivity contribution is 0.462. The van der Waals surface area contributed by atoms with Gasteiger partial charge in [0.1, 0.15) is 5.82 Å². The molecule has 2 heteroatoms. The van der Waals surface area contributed by atoms with Crippen molar-refractivity contribution in [2.45, 2.75) is 25.3 Å². The first-order chi connectivity index (χ1) is 8.55. The van der Waals surface area contributed by atoms with Gasteiger partial charge in [0, 0.05) is 5.54 Å². The van der Waals surface area contributed by atoms with E-state index >= 15 is 0 Å². The van der Waals surface area contributed by atoms with Crippen LogP contribution in [0.1, 0.15) is 18.1 Å². The molecule has 1 atom stereocenters. The highest BCUT2D eigenvalue weighted by Gasteiger charge is 2.19. The largest absolute Gasteiger partial charge is 0.325 e. The summed E-state index contributed by atoms with van der Waals surface area (Å²) in [7, 11) is 0. The molecule has 0 bridgehead atoms. The van der Waals surface area contributed by atoms with Crippen LogP contribution in [0.15, 0.2) is 54.6 Å². The summed E-state index contributed by atoms with van der Waals surface area (Å²) in [4.78, 5) is 0. The molecule has 2 aromatic rings. The molecule has 0 amide bonds. The van der Waals surface area contributed by atoms with Gasteiger partial charge in [-0.05, 0) is 43.0 Å². The third-order valence-corrected chi connectivity index (χ3v) is 2.97. The number of rotatable bonds is 4. The van der Waals surface area contributed by atoms with Crippen molar-refractivity contribution in [1.29, 1.82) is 0 Å². The minimum Gasteiger partial charge on any atom is -0.325 e. The summed E-state index contributed by atoms with van der Waals surface area (Å²) in [5, 5.41) is 0. The van der Waals surface area contributed by atoms with Gasteiger partial charge in [-0.15, -0.1) is 0 Å². The molecule has 0 saturated heterocycles. The highest BCUT2D eigenvalue weighted by molar-refractivity contribution is 5.22. The Labute approximate surface area is 107 Å². The van der Waals surface area contributed by atoms with E-state index in [1.807, 2.05) is 25.1 Å². The van der Waals surface area contributed by atoms with Crippen LogP contribution in [0, 0.1) is 5.82 Å². The smallest absolute Gasteiger partial charge is 0.123 e. The maximum Gasteiger partial charge on any atom is 0.123 e. The van der Waals surface area contributed by atoms with Crippen LogP contribution in [-0.4, -0.2) is 5.54 Å². The van der Waals surface area contributed by atoms with Gasteiger partial charge in [0.25, 0.3) is 0 Å². The summed E-state index contributed by atoms with van der Waals surface area (Å²) >= 11 is 0. The lowest BCUT2D eigenvalue weighted by Crippen LogP contribution is -2.40. The fourth-order valence-electron chi connectivity index (χ4n) is 2.19. The van der Waals surface area contributed by atoms with E-state index in [-0.39, 0.29) is 11.4 Å². The van der Waals surface area contributed by atoms with Gasteiger partial charge in [0.2, 0.25) is 0 Å². The Bertz CT molecular complexity index is 488. The zero-order valence-corrected chi connectivity index (χ0v) is 10.6. The first-order valence-electron chi connectivity index (χ1n) is 6.12. The van der Waals surface area contributed by atoms with Gasteiger partial charge in [0.05, 0.1) is 0 Å². The van der Waals surface area contributed by atoms with Crippen LogP contribution in [-0.2, 0) is 12.8 Å². The summed E-state index contributed by atoms with van der Waals surface area (Å²) in [5.41, 5.74) is 8.30. The molecule has 0 radical (unpaired) electrons. The Hall–Kier alpha value is -1.67. The van der Waals surface area contributed by atoms with Crippen molar-refractivity contribution in [2.75, 3.05) is 0 Å². The third-order valence-electron chi connectivity index (χ3n) is 2.97. The molecule has 94 valence electrons. The standard InChI is InChI=1S/C16H18FN/c1-16(18,11-13-5-3-2-4-6-13)12-14-7-9-15(17)10-8-14/h2-10H,11-12,18H2,1H3. The SMILES string of the molecule is CC(N)(Cc1ccccc1)Cc1ccc(F)cc1. The highest BCUT2D eigenvalue weighted by Crippen LogP contribution is 2.16. The fourth-order valence-corrected chi connectivity index (χ4v) is 2.19. The van der Waals surface area contributed by atoms with E-state index in [9.17, 15) is 4.39 Å². The van der Waals surface area contributed by atoms with Crippen LogP contribution in [0.4, 0.5) is 4.39 Å². The maximum atomic E-state index is 12.8. The summed E-state index contributed by atoms with van der Waals surface area (Å²) in [6.45, 7) is 2.03. The van der Waals surface area contributed by atoms with Gasteiger partial charge in [-0.2, -0.15) is 0 Å². The molecule has 0 heterocycles. The quantitative estimate of drug-likeness (QED) is 0.875. The molecule has 2 aromatic carbocycles. The second-order valence-electron chi connectivity index (χ2n) is 5.12. The maximum absolute atomic E-state index is 12.8. The Kier molecular flexibility index (Phi) is 3.78. The van der Waals surface area contributed by atoms with Crippen molar-refractivity contribution in [3.05, 3.63) is 71.5 Å². The lowest BCUT2D eigenvalue weighted by atomic mass is 9.87. The highest BCUT2D eigenvalue weighted by atomic mass is 19.1. The second-order valence-corrected chi connectivity index (χ2v) is 5.12. The van der Waals surface area contributed by atoms with Crippen molar-refractivity contribution in [1.82, 2.24) is 0 Å². The summed E-state index contributed by atoms with van der Waals surface area (Å²) in [6, 6.07) is 16.7. The summed E-state index contributed by atoms with van der Waals surface area (Å²) in [6.07, 6.45) is 1.55. The molecule has 18 heavy (non-hydrogen) atoms. The number of hydrogen-bond acceptors (Lipinski definition) is 1. The lowest BCUT2D eigenvalue weighted by Gasteiger charge is -2.25. The Morgan fingerprint density at radius 1 is 0.889 bits per heavy atom. The van der Waals surface area contributed by atoms with Crippen molar-refractivity contribution in [3.63, 3.8) is 0 Å². The Balaban J connectivity index is 2.05. The molecule has 0 aliphatic rings. The van der Waals surface area contributed by atoms with Crippen molar-refractivity contribution >= 4 is 0 Å². The number of hydrogen-bond donors (Lipinski definition) is 1. The van der Waals surface area contributed by atoms with E-state index in [1.54, 1.807) is 12.1 Å².